The molecule has 1 N–H and O–H groups in total. The van der Waals surface area contributed by atoms with E-state index in [1.54, 1.807) is 0 Å². The van der Waals surface area contributed by atoms with Crippen molar-refractivity contribution in [2.45, 2.75) is 45.8 Å². The number of rotatable bonds is 8. The van der Waals surface area contributed by atoms with Gasteiger partial charge >= 0.3 is 0 Å². The highest BCUT2D eigenvalue weighted by atomic mass is 16.5. The van der Waals surface area contributed by atoms with Crippen molar-refractivity contribution in [3.05, 3.63) is 29.8 Å². The minimum atomic E-state index is -0.198. The number of ether oxygens (including phenoxy) is 2. The van der Waals surface area contributed by atoms with Crippen molar-refractivity contribution in [3.63, 3.8) is 0 Å². The predicted molar refractivity (Wildman–Crippen MR) is 79.7 cm³/mol. The lowest BCUT2D eigenvalue weighted by Gasteiger charge is -2.37. The van der Waals surface area contributed by atoms with Crippen LogP contribution in [0.2, 0.25) is 0 Å². The normalized spacial score (nSPS) is 15.8. The van der Waals surface area contributed by atoms with Gasteiger partial charge in [-0.1, -0.05) is 19.1 Å². The van der Waals surface area contributed by atoms with Crippen LogP contribution >= 0.6 is 0 Å². The Labute approximate surface area is 117 Å². The van der Waals surface area contributed by atoms with Crippen LogP contribution in [0.5, 0.6) is 5.75 Å². The summed E-state index contributed by atoms with van der Waals surface area (Å²) < 4.78 is 11.5. The molecule has 2 atom stereocenters. The molecule has 0 aromatic heterocycles. The second-order valence-corrected chi connectivity index (χ2v) is 4.82. The van der Waals surface area contributed by atoms with Gasteiger partial charge in [-0.2, -0.15) is 0 Å². The van der Waals surface area contributed by atoms with Gasteiger partial charge in [-0.3, -0.25) is 0 Å². The molecule has 0 saturated heterocycles. The van der Waals surface area contributed by atoms with Gasteiger partial charge in [0.25, 0.3) is 0 Å². The third-order valence-electron chi connectivity index (χ3n) is 3.60. The minimum Gasteiger partial charge on any atom is -0.494 e. The summed E-state index contributed by atoms with van der Waals surface area (Å²) >= 11 is 0. The monoisotopic (exact) mass is 265 g/mol. The molecule has 2 unspecified atom stereocenters. The molecule has 0 aliphatic heterocycles. The Balaban J connectivity index is 2.95. The largest absolute Gasteiger partial charge is 0.494 e. The molecule has 0 heterocycles. The van der Waals surface area contributed by atoms with Crippen LogP contribution in [0, 0.1) is 0 Å². The van der Waals surface area contributed by atoms with E-state index in [9.17, 15) is 0 Å². The third kappa shape index (κ3) is 3.95. The lowest BCUT2D eigenvalue weighted by molar-refractivity contribution is -0.0547. The second kappa shape index (κ2) is 7.51. The average Bonchev–Trinajstić information content (AvgIpc) is 2.42. The fourth-order valence-electron chi connectivity index (χ4n) is 2.47. The Kier molecular flexibility index (Phi) is 6.32. The van der Waals surface area contributed by atoms with Gasteiger partial charge in [0.1, 0.15) is 5.75 Å². The summed E-state index contributed by atoms with van der Waals surface area (Å²) in [5.41, 5.74) is 1.03. The van der Waals surface area contributed by atoms with Crippen LogP contribution in [-0.2, 0) is 4.74 Å². The van der Waals surface area contributed by atoms with E-state index in [0.29, 0.717) is 6.61 Å². The molecule has 0 fully saturated rings. The Morgan fingerprint density at radius 1 is 1.11 bits per heavy atom. The number of nitrogens with one attached hydrogen (secondary N) is 1. The Morgan fingerprint density at radius 2 is 1.74 bits per heavy atom. The molecule has 1 aromatic rings. The van der Waals surface area contributed by atoms with Crippen LogP contribution in [0.15, 0.2) is 24.3 Å². The lowest BCUT2D eigenvalue weighted by atomic mass is 9.87. The number of benzene rings is 1. The maximum atomic E-state index is 5.97. The second-order valence-electron chi connectivity index (χ2n) is 4.82. The Morgan fingerprint density at radius 3 is 2.16 bits per heavy atom. The van der Waals surface area contributed by atoms with E-state index in [2.05, 4.69) is 31.3 Å². The summed E-state index contributed by atoms with van der Waals surface area (Å²) in [5.74, 6) is 0.913. The maximum absolute atomic E-state index is 5.97. The first-order valence-corrected chi connectivity index (χ1v) is 7.15. The highest BCUT2D eigenvalue weighted by Gasteiger charge is 2.33. The van der Waals surface area contributed by atoms with Gasteiger partial charge in [0.05, 0.1) is 18.2 Å². The molecular formula is C16H27NO2. The smallest absolute Gasteiger partial charge is 0.119 e. The van der Waals surface area contributed by atoms with E-state index in [1.165, 1.54) is 5.56 Å². The van der Waals surface area contributed by atoms with Crippen LogP contribution in [-0.4, -0.2) is 25.9 Å². The molecule has 3 heteroatoms. The molecule has 0 saturated carbocycles. The van der Waals surface area contributed by atoms with Crippen molar-refractivity contribution < 1.29 is 9.47 Å². The number of likely N-dealkylation sites (N-methyl/N-ethyl adjacent to an activating group) is 1. The fraction of sp³-hybridized carbons (Fsp3) is 0.625. The summed E-state index contributed by atoms with van der Waals surface area (Å²) in [7, 11) is 1.98. The zero-order valence-corrected chi connectivity index (χ0v) is 12.8. The molecule has 19 heavy (non-hydrogen) atoms. The minimum absolute atomic E-state index is 0.174. The maximum Gasteiger partial charge on any atom is 0.119 e. The summed E-state index contributed by atoms with van der Waals surface area (Å²) in [5, 5.41) is 3.38. The van der Waals surface area contributed by atoms with Crippen molar-refractivity contribution in [1.29, 1.82) is 0 Å². The first-order chi connectivity index (χ1) is 9.11. The number of hydrogen-bond donors (Lipinski definition) is 1. The van der Waals surface area contributed by atoms with Gasteiger partial charge in [0.2, 0.25) is 0 Å². The fourth-order valence-corrected chi connectivity index (χ4v) is 2.47. The van der Waals surface area contributed by atoms with Crippen molar-refractivity contribution in [3.8, 4) is 5.75 Å². The SMILES string of the molecule is CCOc1ccc(C(NC)C(C)(CC)OCC)cc1. The van der Waals surface area contributed by atoms with Gasteiger partial charge in [-0.25, -0.2) is 0 Å². The van der Waals surface area contributed by atoms with E-state index in [1.807, 2.05) is 33.0 Å². The zero-order chi connectivity index (χ0) is 14.3. The van der Waals surface area contributed by atoms with E-state index in [4.69, 9.17) is 9.47 Å². The quantitative estimate of drug-likeness (QED) is 0.779. The lowest BCUT2D eigenvalue weighted by Crippen LogP contribution is -2.42. The molecule has 108 valence electrons. The van der Waals surface area contributed by atoms with Crippen molar-refractivity contribution in [2.75, 3.05) is 20.3 Å². The molecule has 1 aromatic carbocycles. The first kappa shape index (κ1) is 16.0. The molecular weight excluding hydrogens is 238 g/mol. The van der Waals surface area contributed by atoms with Gasteiger partial charge in [0.15, 0.2) is 0 Å². The van der Waals surface area contributed by atoms with Crippen LogP contribution in [0.4, 0.5) is 0 Å². The molecule has 1 rings (SSSR count). The highest BCUT2D eigenvalue weighted by Crippen LogP contribution is 2.32. The Hall–Kier alpha value is -1.06. The molecule has 3 nitrogen and oxygen atoms in total. The molecule has 0 spiro atoms. The topological polar surface area (TPSA) is 30.5 Å². The zero-order valence-electron chi connectivity index (χ0n) is 12.8. The van der Waals surface area contributed by atoms with Crippen LogP contribution in [0.3, 0.4) is 0 Å². The van der Waals surface area contributed by atoms with E-state index < -0.39 is 0 Å². The highest BCUT2D eigenvalue weighted by molar-refractivity contribution is 5.30. The summed E-state index contributed by atoms with van der Waals surface area (Å²) in [6.07, 6.45) is 0.958. The molecule has 0 aliphatic rings. The molecule has 0 bridgehead atoms. The van der Waals surface area contributed by atoms with E-state index in [-0.39, 0.29) is 11.6 Å². The van der Waals surface area contributed by atoms with Crippen LogP contribution in [0.25, 0.3) is 0 Å². The summed E-state index contributed by atoms with van der Waals surface area (Å²) in [4.78, 5) is 0. The molecule has 0 amide bonds. The van der Waals surface area contributed by atoms with Crippen molar-refractivity contribution in [2.24, 2.45) is 0 Å². The van der Waals surface area contributed by atoms with Gasteiger partial charge < -0.3 is 14.8 Å². The van der Waals surface area contributed by atoms with Crippen molar-refractivity contribution >= 4 is 0 Å². The average molecular weight is 265 g/mol. The summed E-state index contributed by atoms with van der Waals surface area (Å²) in [6, 6.07) is 8.43. The van der Waals surface area contributed by atoms with Gasteiger partial charge in [-0.15, -0.1) is 0 Å². The summed E-state index contributed by atoms with van der Waals surface area (Å²) in [6.45, 7) is 9.77. The molecule has 0 aliphatic carbocycles. The third-order valence-corrected chi connectivity index (χ3v) is 3.60. The van der Waals surface area contributed by atoms with Crippen LogP contribution < -0.4 is 10.1 Å². The molecule has 0 radical (unpaired) electrons. The van der Waals surface area contributed by atoms with Gasteiger partial charge in [0, 0.05) is 6.61 Å². The first-order valence-electron chi connectivity index (χ1n) is 7.15. The van der Waals surface area contributed by atoms with Gasteiger partial charge in [-0.05, 0) is 51.9 Å². The van der Waals surface area contributed by atoms with Crippen LogP contribution in [0.1, 0.15) is 45.7 Å². The number of hydrogen-bond acceptors (Lipinski definition) is 3. The standard InChI is InChI=1S/C16H27NO2/c1-6-16(4,19-8-3)15(17-5)13-9-11-14(12-10-13)18-7-2/h9-12,15,17H,6-8H2,1-5H3. The van der Waals surface area contributed by atoms with Crippen molar-refractivity contribution in [1.82, 2.24) is 5.32 Å². The Bertz CT molecular complexity index is 364. The van der Waals surface area contributed by atoms with E-state index in [0.717, 1.165) is 18.8 Å². The predicted octanol–water partition coefficient (Wildman–Crippen LogP) is 3.55. The van der Waals surface area contributed by atoms with E-state index >= 15 is 0 Å².